The number of hydrogen-bond donors (Lipinski definition) is 1. The van der Waals surface area contributed by atoms with Crippen molar-refractivity contribution in [1.29, 1.82) is 0 Å². The van der Waals surface area contributed by atoms with Crippen LogP contribution in [0.25, 0.3) is 0 Å². The van der Waals surface area contributed by atoms with Gasteiger partial charge in [-0.2, -0.15) is 0 Å². The summed E-state index contributed by atoms with van der Waals surface area (Å²) in [4.78, 5) is 7.16. The Kier molecular flexibility index (Phi) is 3.89. The number of imidazole rings is 1. The summed E-state index contributed by atoms with van der Waals surface area (Å²) in [6, 6.07) is 1.44. The predicted octanol–water partition coefficient (Wildman–Crippen LogP) is 1.42. The molecule has 0 aromatic carbocycles. The molecule has 1 aliphatic heterocycles. The van der Waals surface area contributed by atoms with E-state index < -0.39 is 0 Å². The number of nitrogens with zero attached hydrogens (tertiary/aromatic N) is 3. The Morgan fingerprint density at radius 2 is 2.26 bits per heavy atom. The van der Waals surface area contributed by atoms with Crippen LogP contribution < -0.4 is 5.32 Å². The highest BCUT2D eigenvalue weighted by Crippen LogP contribution is 2.36. The SMILES string of the molecule is CCC1CN(CCc2nccn2C)C(C2CC2)CN1. The van der Waals surface area contributed by atoms with Gasteiger partial charge >= 0.3 is 0 Å². The van der Waals surface area contributed by atoms with Crippen molar-refractivity contribution in [1.82, 2.24) is 19.8 Å². The van der Waals surface area contributed by atoms with Crippen LogP contribution in [0.1, 0.15) is 32.0 Å². The molecule has 0 amide bonds. The van der Waals surface area contributed by atoms with Crippen molar-refractivity contribution in [3.8, 4) is 0 Å². The molecule has 1 saturated heterocycles. The van der Waals surface area contributed by atoms with Crippen molar-refractivity contribution in [2.75, 3.05) is 19.6 Å². The molecule has 0 spiro atoms. The normalized spacial score (nSPS) is 28.7. The van der Waals surface area contributed by atoms with Gasteiger partial charge in [-0.15, -0.1) is 0 Å². The topological polar surface area (TPSA) is 33.1 Å². The highest BCUT2D eigenvalue weighted by Gasteiger charge is 2.38. The molecule has 2 fully saturated rings. The Balaban J connectivity index is 1.60. The van der Waals surface area contributed by atoms with Gasteiger partial charge in [0.05, 0.1) is 0 Å². The average molecular weight is 262 g/mol. The van der Waals surface area contributed by atoms with Gasteiger partial charge in [0.1, 0.15) is 5.82 Å². The molecule has 3 rings (SSSR count). The maximum Gasteiger partial charge on any atom is 0.109 e. The van der Waals surface area contributed by atoms with Crippen molar-refractivity contribution in [2.45, 2.75) is 44.7 Å². The first-order valence-electron chi connectivity index (χ1n) is 7.71. The minimum atomic E-state index is 0.677. The number of aryl methyl sites for hydroxylation is 1. The summed E-state index contributed by atoms with van der Waals surface area (Å²) in [5.41, 5.74) is 0. The van der Waals surface area contributed by atoms with Crippen molar-refractivity contribution in [3.05, 3.63) is 18.2 Å². The summed E-state index contributed by atoms with van der Waals surface area (Å²) in [7, 11) is 2.09. The van der Waals surface area contributed by atoms with Crippen molar-refractivity contribution < 1.29 is 0 Å². The second kappa shape index (κ2) is 5.63. The number of piperazine rings is 1. The van der Waals surface area contributed by atoms with Crippen LogP contribution in [0, 0.1) is 5.92 Å². The Morgan fingerprint density at radius 3 is 2.89 bits per heavy atom. The Labute approximate surface area is 116 Å². The van der Waals surface area contributed by atoms with Crippen LogP contribution in [-0.2, 0) is 13.5 Å². The third-order valence-corrected chi connectivity index (χ3v) is 4.74. The summed E-state index contributed by atoms with van der Waals surface area (Å²) in [5, 5.41) is 3.71. The second-order valence-corrected chi connectivity index (χ2v) is 6.12. The van der Waals surface area contributed by atoms with E-state index in [2.05, 4.69) is 33.7 Å². The fourth-order valence-electron chi connectivity index (χ4n) is 3.26. The highest BCUT2D eigenvalue weighted by atomic mass is 15.2. The number of rotatable bonds is 5. The largest absolute Gasteiger partial charge is 0.338 e. The molecule has 2 unspecified atom stereocenters. The first kappa shape index (κ1) is 13.1. The summed E-state index contributed by atoms with van der Waals surface area (Å²) in [6.45, 7) is 5.84. The van der Waals surface area contributed by atoms with Crippen molar-refractivity contribution in [2.24, 2.45) is 13.0 Å². The zero-order chi connectivity index (χ0) is 13.2. The lowest BCUT2D eigenvalue weighted by atomic mass is 10.0. The second-order valence-electron chi connectivity index (χ2n) is 6.12. The molecule has 1 aliphatic carbocycles. The number of aromatic nitrogens is 2. The van der Waals surface area contributed by atoms with Gasteiger partial charge in [0.15, 0.2) is 0 Å². The van der Waals surface area contributed by atoms with Crippen LogP contribution in [0.3, 0.4) is 0 Å². The molecular weight excluding hydrogens is 236 g/mol. The average Bonchev–Trinajstić information content (AvgIpc) is 3.19. The molecule has 106 valence electrons. The van der Waals surface area contributed by atoms with Gasteiger partial charge < -0.3 is 9.88 Å². The Morgan fingerprint density at radius 1 is 1.42 bits per heavy atom. The molecule has 1 N–H and O–H groups in total. The van der Waals surface area contributed by atoms with Gasteiger partial charge in [0, 0.05) is 57.6 Å². The van der Waals surface area contributed by atoms with Gasteiger partial charge in [-0.05, 0) is 25.2 Å². The Bertz CT molecular complexity index is 410. The van der Waals surface area contributed by atoms with Crippen LogP contribution in [0.4, 0.5) is 0 Å². The summed E-state index contributed by atoms with van der Waals surface area (Å²) < 4.78 is 2.14. The first-order chi connectivity index (χ1) is 9.28. The van der Waals surface area contributed by atoms with E-state index in [1.165, 1.54) is 38.2 Å². The fraction of sp³-hybridized carbons (Fsp3) is 0.800. The predicted molar refractivity (Wildman–Crippen MR) is 77.1 cm³/mol. The van der Waals surface area contributed by atoms with E-state index in [1.807, 2.05) is 12.4 Å². The molecule has 1 aromatic rings. The van der Waals surface area contributed by atoms with E-state index in [1.54, 1.807) is 0 Å². The van der Waals surface area contributed by atoms with E-state index in [0.717, 1.165) is 24.9 Å². The van der Waals surface area contributed by atoms with Crippen LogP contribution in [0.15, 0.2) is 12.4 Å². The summed E-state index contributed by atoms with van der Waals surface area (Å²) in [5.74, 6) is 2.16. The van der Waals surface area contributed by atoms with Gasteiger partial charge in [-0.3, -0.25) is 4.90 Å². The molecule has 2 heterocycles. The minimum Gasteiger partial charge on any atom is -0.338 e. The molecule has 1 saturated carbocycles. The molecule has 1 aromatic heterocycles. The molecule has 19 heavy (non-hydrogen) atoms. The maximum atomic E-state index is 4.45. The van der Waals surface area contributed by atoms with Crippen LogP contribution in [0.5, 0.6) is 0 Å². The number of nitrogens with one attached hydrogen (secondary N) is 1. The molecular formula is C15H26N4. The van der Waals surface area contributed by atoms with Crippen LogP contribution >= 0.6 is 0 Å². The van der Waals surface area contributed by atoms with Crippen LogP contribution in [-0.4, -0.2) is 46.2 Å². The van der Waals surface area contributed by atoms with Crippen molar-refractivity contribution in [3.63, 3.8) is 0 Å². The monoisotopic (exact) mass is 262 g/mol. The molecule has 0 radical (unpaired) electrons. The first-order valence-corrected chi connectivity index (χ1v) is 7.71. The third-order valence-electron chi connectivity index (χ3n) is 4.74. The standard InChI is InChI=1S/C15H26N4/c1-3-13-11-19(14(10-17-13)12-4-5-12)8-6-15-16-7-9-18(15)2/h7,9,12-14,17H,3-6,8,10-11H2,1-2H3. The number of hydrogen-bond acceptors (Lipinski definition) is 3. The molecule has 2 atom stereocenters. The van der Waals surface area contributed by atoms with Gasteiger partial charge in [-0.25, -0.2) is 4.98 Å². The quantitative estimate of drug-likeness (QED) is 0.871. The Hall–Kier alpha value is -0.870. The molecule has 2 aliphatic rings. The summed E-state index contributed by atoms with van der Waals surface area (Å²) >= 11 is 0. The van der Waals surface area contributed by atoms with E-state index in [4.69, 9.17) is 0 Å². The van der Waals surface area contributed by atoms with Gasteiger partial charge in [0.25, 0.3) is 0 Å². The minimum absolute atomic E-state index is 0.677. The van der Waals surface area contributed by atoms with Gasteiger partial charge in [-0.1, -0.05) is 6.92 Å². The smallest absolute Gasteiger partial charge is 0.109 e. The van der Waals surface area contributed by atoms with E-state index in [0.29, 0.717) is 6.04 Å². The lowest BCUT2D eigenvalue weighted by molar-refractivity contribution is 0.114. The zero-order valence-electron chi connectivity index (χ0n) is 12.2. The van der Waals surface area contributed by atoms with Gasteiger partial charge in [0.2, 0.25) is 0 Å². The summed E-state index contributed by atoms with van der Waals surface area (Å²) in [6.07, 6.45) is 9.12. The maximum absolute atomic E-state index is 4.45. The molecule has 4 nitrogen and oxygen atoms in total. The van der Waals surface area contributed by atoms with E-state index >= 15 is 0 Å². The fourth-order valence-corrected chi connectivity index (χ4v) is 3.26. The lowest BCUT2D eigenvalue weighted by Gasteiger charge is -2.40. The highest BCUT2D eigenvalue weighted by molar-refractivity contribution is 4.97. The lowest BCUT2D eigenvalue weighted by Crippen LogP contribution is -2.57. The zero-order valence-corrected chi connectivity index (χ0v) is 12.2. The third kappa shape index (κ3) is 3.00. The van der Waals surface area contributed by atoms with E-state index in [-0.39, 0.29) is 0 Å². The van der Waals surface area contributed by atoms with Crippen LogP contribution in [0.2, 0.25) is 0 Å². The molecule has 0 bridgehead atoms. The molecule has 4 heteroatoms. The van der Waals surface area contributed by atoms with Crippen molar-refractivity contribution >= 4 is 0 Å². The van der Waals surface area contributed by atoms with E-state index in [9.17, 15) is 0 Å².